The Labute approximate surface area is 160 Å². The highest BCUT2D eigenvalue weighted by atomic mass is 127. The molecule has 1 heterocycles. The van der Waals surface area contributed by atoms with Crippen molar-refractivity contribution in [2.24, 2.45) is 0 Å². The first kappa shape index (κ1) is 20.1. The summed E-state index contributed by atoms with van der Waals surface area (Å²) in [5, 5.41) is 10.5. The van der Waals surface area contributed by atoms with Gasteiger partial charge in [-0.2, -0.15) is 0 Å². The lowest BCUT2D eigenvalue weighted by atomic mass is 10.0. The van der Waals surface area contributed by atoms with Gasteiger partial charge in [0.2, 0.25) is 5.75 Å². The minimum absolute atomic E-state index is 0.178. The van der Waals surface area contributed by atoms with Gasteiger partial charge in [0, 0.05) is 6.42 Å². The molecule has 0 spiro atoms. The normalized spacial score (nSPS) is 25.5. The van der Waals surface area contributed by atoms with Gasteiger partial charge >= 0.3 is 5.97 Å². The van der Waals surface area contributed by atoms with Crippen LogP contribution in [0.25, 0.3) is 0 Å². The smallest absolute Gasteiger partial charge is 0.305 e. The lowest BCUT2D eigenvalue weighted by molar-refractivity contribution is -0.141. The van der Waals surface area contributed by atoms with E-state index in [1.54, 1.807) is 21.3 Å². The molecule has 1 N–H and O–H groups in total. The van der Waals surface area contributed by atoms with Gasteiger partial charge < -0.3 is 28.8 Å². The molecule has 0 radical (unpaired) electrons. The first-order valence-corrected chi connectivity index (χ1v) is 9.05. The van der Waals surface area contributed by atoms with E-state index in [2.05, 4.69) is 27.3 Å². The predicted octanol–water partition coefficient (Wildman–Crippen LogP) is 2.27. The van der Waals surface area contributed by atoms with Crippen LogP contribution in [0.5, 0.6) is 17.2 Å². The van der Waals surface area contributed by atoms with Crippen LogP contribution in [0.3, 0.4) is 0 Å². The average Bonchev–Trinajstić information content (AvgIpc) is 2.92. The van der Waals surface area contributed by atoms with Crippen LogP contribution in [0, 0.1) is 0 Å². The Bertz CT molecular complexity index is 582. The quantitative estimate of drug-likeness (QED) is 0.375. The first-order valence-electron chi connectivity index (χ1n) is 7.81. The highest BCUT2D eigenvalue weighted by molar-refractivity contribution is 14.1. The summed E-state index contributed by atoms with van der Waals surface area (Å²) >= 11 is 2.17. The van der Waals surface area contributed by atoms with Gasteiger partial charge in [-0.15, -0.1) is 0 Å². The molecular weight excluding hydrogens is 443 g/mol. The van der Waals surface area contributed by atoms with E-state index >= 15 is 0 Å². The maximum Gasteiger partial charge on any atom is 0.305 e. The fraction of sp³-hybridized carbons (Fsp3) is 0.588. The van der Waals surface area contributed by atoms with Crippen molar-refractivity contribution in [3.8, 4) is 17.2 Å². The van der Waals surface area contributed by atoms with E-state index in [1.165, 1.54) is 7.11 Å². The number of methoxy groups -OCH3 is 4. The minimum Gasteiger partial charge on any atom is -0.493 e. The Morgan fingerprint density at radius 1 is 1.16 bits per heavy atom. The molecule has 0 unspecified atom stereocenters. The van der Waals surface area contributed by atoms with Gasteiger partial charge in [-0.25, -0.2) is 0 Å². The lowest BCUT2D eigenvalue weighted by Crippen LogP contribution is -2.27. The molecule has 0 aliphatic carbocycles. The largest absolute Gasteiger partial charge is 0.493 e. The Morgan fingerprint density at radius 3 is 2.24 bits per heavy atom. The topological polar surface area (TPSA) is 83.5 Å². The fourth-order valence-corrected chi connectivity index (χ4v) is 3.90. The molecule has 4 atom stereocenters. The number of rotatable bonds is 7. The van der Waals surface area contributed by atoms with E-state index in [9.17, 15) is 9.90 Å². The van der Waals surface area contributed by atoms with Gasteiger partial charge in [-0.05, 0) is 24.1 Å². The van der Waals surface area contributed by atoms with Crippen molar-refractivity contribution in [3.63, 3.8) is 0 Å². The second kappa shape index (κ2) is 8.91. The van der Waals surface area contributed by atoms with Crippen LogP contribution < -0.4 is 14.2 Å². The molecule has 1 aliphatic rings. The lowest BCUT2D eigenvalue weighted by Gasteiger charge is -2.19. The zero-order valence-electron chi connectivity index (χ0n) is 14.7. The standard InChI is InChI=1S/C17H23IO7/c1-21-11-7-9(8-12(22-2)17(11)24-4)16-14(18)15(20)10(25-16)5-6-13(19)23-3/h7-8,10,14-16,20H,5-6H2,1-4H3/t10-,14+,15-,16-/m0/s1. The molecule has 0 bridgehead atoms. The molecule has 0 amide bonds. The number of aliphatic hydroxyl groups is 1. The number of hydrogen-bond donors (Lipinski definition) is 1. The van der Waals surface area contributed by atoms with Crippen LogP contribution >= 0.6 is 22.6 Å². The van der Waals surface area contributed by atoms with Gasteiger partial charge in [0.15, 0.2) is 11.5 Å². The number of carbonyl (C=O) groups excluding carboxylic acids is 1. The maximum absolute atomic E-state index is 11.3. The number of hydrogen-bond acceptors (Lipinski definition) is 7. The van der Waals surface area contributed by atoms with Crippen molar-refractivity contribution in [1.82, 2.24) is 0 Å². The van der Waals surface area contributed by atoms with Crippen LogP contribution in [-0.4, -0.2) is 55.6 Å². The van der Waals surface area contributed by atoms with E-state index in [-0.39, 0.29) is 22.4 Å². The maximum atomic E-state index is 11.3. The number of aliphatic hydroxyl groups excluding tert-OH is 1. The number of ether oxygens (including phenoxy) is 5. The third-order valence-corrected chi connectivity index (χ3v) is 5.58. The van der Waals surface area contributed by atoms with Crippen molar-refractivity contribution in [2.45, 2.75) is 35.1 Å². The van der Waals surface area contributed by atoms with E-state index < -0.39 is 12.2 Å². The van der Waals surface area contributed by atoms with Gasteiger partial charge in [0.1, 0.15) is 0 Å². The summed E-state index contributed by atoms with van der Waals surface area (Å²) in [6.45, 7) is 0. The molecular formula is C17H23IO7. The van der Waals surface area contributed by atoms with E-state index in [0.29, 0.717) is 23.7 Å². The first-order chi connectivity index (χ1) is 12.0. The fourth-order valence-electron chi connectivity index (χ4n) is 2.86. The summed E-state index contributed by atoms with van der Waals surface area (Å²) in [6, 6.07) is 3.63. The molecule has 8 heteroatoms. The van der Waals surface area contributed by atoms with E-state index in [4.69, 9.17) is 18.9 Å². The van der Waals surface area contributed by atoms with Crippen LogP contribution in [0.2, 0.25) is 0 Å². The Hall–Kier alpha value is -1.26. The van der Waals surface area contributed by atoms with Crippen molar-refractivity contribution in [2.75, 3.05) is 28.4 Å². The third kappa shape index (κ3) is 4.29. The molecule has 1 saturated heterocycles. The summed E-state index contributed by atoms with van der Waals surface area (Å²) < 4.78 is 26.6. The molecule has 0 saturated carbocycles. The molecule has 1 aromatic rings. The molecule has 140 valence electrons. The molecule has 1 fully saturated rings. The zero-order chi connectivity index (χ0) is 18.6. The van der Waals surface area contributed by atoms with Gasteiger partial charge in [-0.3, -0.25) is 4.79 Å². The van der Waals surface area contributed by atoms with Crippen LogP contribution in [0.1, 0.15) is 24.5 Å². The van der Waals surface area contributed by atoms with Gasteiger partial charge in [0.05, 0.1) is 50.7 Å². The molecule has 1 aliphatic heterocycles. The summed E-state index contributed by atoms with van der Waals surface area (Å²) in [5.41, 5.74) is 0.813. The Kier molecular flexibility index (Phi) is 7.14. The summed E-state index contributed by atoms with van der Waals surface area (Å²) in [5.74, 6) is 1.23. The molecule has 1 aromatic carbocycles. The SMILES string of the molecule is COC(=O)CC[C@@H]1O[C@@H](c2cc(OC)c(OC)c(OC)c2)[C@H](I)[C@H]1O. The van der Waals surface area contributed by atoms with E-state index in [1.807, 2.05) is 12.1 Å². The van der Waals surface area contributed by atoms with Crippen molar-refractivity contribution in [3.05, 3.63) is 17.7 Å². The van der Waals surface area contributed by atoms with E-state index in [0.717, 1.165) is 5.56 Å². The minimum atomic E-state index is -0.686. The molecule has 25 heavy (non-hydrogen) atoms. The number of carbonyl (C=O) groups is 1. The van der Waals surface area contributed by atoms with Crippen LogP contribution in [-0.2, 0) is 14.3 Å². The summed E-state index contributed by atoms with van der Waals surface area (Å²) in [7, 11) is 5.98. The third-order valence-electron chi connectivity index (χ3n) is 4.19. The second-order valence-electron chi connectivity index (χ2n) is 5.60. The number of alkyl halides is 1. The van der Waals surface area contributed by atoms with Crippen molar-refractivity contribution >= 4 is 28.6 Å². The van der Waals surface area contributed by atoms with Crippen LogP contribution in [0.4, 0.5) is 0 Å². The zero-order valence-corrected chi connectivity index (χ0v) is 16.8. The highest BCUT2D eigenvalue weighted by Gasteiger charge is 2.43. The van der Waals surface area contributed by atoms with Crippen molar-refractivity contribution in [1.29, 1.82) is 0 Å². The summed E-state index contributed by atoms with van der Waals surface area (Å²) in [6.07, 6.45) is -0.885. The Morgan fingerprint density at radius 2 is 1.76 bits per heavy atom. The number of benzene rings is 1. The molecule has 0 aromatic heterocycles. The molecule has 2 rings (SSSR count). The highest BCUT2D eigenvalue weighted by Crippen LogP contribution is 2.45. The molecule has 7 nitrogen and oxygen atoms in total. The number of esters is 1. The predicted molar refractivity (Wildman–Crippen MR) is 98.8 cm³/mol. The monoisotopic (exact) mass is 466 g/mol. The van der Waals surface area contributed by atoms with Crippen LogP contribution in [0.15, 0.2) is 12.1 Å². The summed E-state index contributed by atoms with van der Waals surface area (Å²) in [4.78, 5) is 11.3. The van der Waals surface area contributed by atoms with Gasteiger partial charge in [-0.1, -0.05) is 22.6 Å². The van der Waals surface area contributed by atoms with Crippen molar-refractivity contribution < 1.29 is 33.6 Å². The second-order valence-corrected chi connectivity index (χ2v) is 7.04. The Balaban J connectivity index is 2.24. The van der Waals surface area contributed by atoms with Gasteiger partial charge in [0.25, 0.3) is 0 Å². The number of halogens is 1. The average molecular weight is 466 g/mol.